The summed E-state index contributed by atoms with van der Waals surface area (Å²) in [5, 5.41) is 0. The average molecular weight is 368 g/mol. The van der Waals surface area contributed by atoms with Gasteiger partial charge in [0.05, 0.1) is 31.6 Å². The van der Waals surface area contributed by atoms with Crippen LogP contribution in [-0.2, 0) is 4.79 Å². The Morgan fingerprint density at radius 1 is 1.22 bits per heavy atom. The zero-order chi connectivity index (χ0) is 19.2. The molecule has 1 aromatic carbocycles. The van der Waals surface area contributed by atoms with Crippen molar-refractivity contribution in [3.05, 3.63) is 48.2 Å². The molecule has 5 nitrogen and oxygen atoms in total. The van der Waals surface area contributed by atoms with Gasteiger partial charge >= 0.3 is 0 Å². The summed E-state index contributed by atoms with van der Waals surface area (Å²) in [7, 11) is 0. The minimum atomic E-state index is 0.182. The van der Waals surface area contributed by atoms with Crippen molar-refractivity contribution in [3.63, 3.8) is 0 Å². The number of Topliss-reactive ketones (excluding diaryl/α,β-unsaturated/α-hetero) is 1. The summed E-state index contributed by atoms with van der Waals surface area (Å²) in [5.74, 6) is 2.01. The molecule has 1 saturated heterocycles. The highest BCUT2D eigenvalue weighted by atomic mass is 16.5. The van der Waals surface area contributed by atoms with Crippen LogP contribution < -0.4 is 14.4 Å². The molecule has 0 aliphatic carbocycles. The van der Waals surface area contributed by atoms with Crippen molar-refractivity contribution in [3.8, 4) is 11.6 Å². The highest BCUT2D eigenvalue weighted by Crippen LogP contribution is 2.26. The SMILES string of the molecule is CCCOc1ccc(N2CC(Oc3ccc(C(C)CC(C)=O)cc3)C2)cn1. The third kappa shape index (κ3) is 5.22. The number of carbonyl (C=O) groups is 1. The Bertz CT molecular complexity index is 737. The molecule has 2 heterocycles. The summed E-state index contributed by atoms with van der Waals surface area (Å²) < 4.78 is 11.6. The number of ether oxygens (including phenoxy) is 2. The van der Waals surface area contributed by atoms with Gasteiger partial charge in [0, 0.05) is 12.5 Å². The summed E-state index contributed by atoms with van der Waals surface area (Å²) in [6.07, 6.45) is 3.59. The van der Waals surface area contributed by atoms with Crippen LogP contribution in [0.3, 0.4) is 0 Å². The first kappa shape index (κ1) is 19.2. The van der Waals surface area contributed by atoms with Gasteiger partial charge in [0.2, 0.25) is 5.88 Å². The molecule has 1 aromatic heterocycles. The van der Waals surface area contributed by atoms with Gasteiger partial charge in [-0.2, -0.15) is 0 Å². The van der Waals surface area contributed by atoms with Crippen LogP contribution in [0.5, 0.6) is 11.6 Å². The van der Waals surface area contributed by atoms with E-state index < -0.39 is 0 Å². The lowest BCUT2D eigenvalue weighted by molar-refractivity contribution is -0.117. The lowest BCUT2D eigenvalue weighted by atomic mass is 9.96. The molecule has 1 fully saturated rings. The minimum absolute atomic E-state index is 0.182. The quantitative estimate of drug-likeness (QED) is 0.663. The second-order valence-electron chi connectivity index (χ2n) is 7.22. The second-order valence-corrected chi connectivity index (χ2v) is 7.22. The predicted octanol–water partition coefficient (Wildman–Crippen LogP) is 4.22. The molecule has 0 N–H and O–H groups in total. The number of nitrogens with zero attached hydrogens (tertiary/aromatic N) is 2. The van der Waals surface area contributed by atoms with Crippen LogP contribution in [0.4, 0.5) is 5.69 Å². The Balaban J connectivity index is 1.46. The molecule has 0 amide bonds. The van der Waals surface area contributed by atoms with Crippen molar-refractivity contribution in [1.82, 2.24) is 4.98 Å². The lowest BCUT2D eigenvalue weighted by Crippen LogP contribution is -2.54. The summed E-state index contributed by atoms with van der Waals surface area (Å²) >= 11 is 0. The molecule has 1 atom stereocenters. The molecule has 0 radical (unpaired) electrons. The molecular formula is C22H28N2O3. The normalized spacial score (nSPS) is 15.1. The first-order valence-electron chi connectivity index (χ1n) is 9.65. The van der Waals surface area contributed by atoms with Crippen molar-refractivity contribution in [2.45, 2.75) is 45.6 Å². The molecule has 3 rings (SSSR count). The van der Waals surface area contributed by atoms with Gasteiger partial charge in [-0.1, -0.05) is 26.0 Å². The smallest absolute Gasteiger partial charge is 0.213 e. The largest absolute Gasteiger partial charge is 0.487 e. The molecule has 0 spiro atoms. The summed E-state index contributed by atoms with van der Waals surface area (Å²) in [6, 6.07) is 12.1. The zero-order valence-corrected chi connectivity index (χ0v) is 16.4. The van der Waals surface area contributed by atoms with Crippen LogP contribution in [0.15, 0.2) is 42.6 Å². The number of aromatic nitrogens is 1. The van der Waals surface area contributed by atoms with Crippen LogP contribution in [0.1, 0.15) is 45.1 Å². The molecule has 27 heavy (non-hydrogen) atoms. The second kappa shape index (κ2) is 8.89. The Morgan fingerprint density at radius 3 is 2.56 bits per heavy atom. The lowest BCUT2D eigenvalue weighted by Gasteiger charge is -2.40. The number of pyridine rings is 1. The summed E-state index contributed by atoms with van der Waals surface area (Å²) in [5.41, 5.74) is 2.26. The monoisotopic (exact) mass is 368 g/mol. The Kier molecular flexibility index (Phi) is 6.32. The molecule has 5 heteroatoms. The molecule has 1 aliphatic rings. The van der Waals surface area contributed by atoms with Crippen LogP contribution in [0.2, 0.25) is 0 Å². The van der Waals surface area contributed by atoms with E-state index in [9.17, 15) is 4.79 Å². The average Bonchev–Trinajstić information content (AvgIpc) is 2.63. The van der Waals surface area contributed by atoms with Gasteiger partial charge in [0.1, 0.15) is 17.6 Å². The van der Waals surface area contributed by atoms with Crippen LogP contribution in [0.25, 0.3) is 0 Å². The van der Waals surface area contributed by atoms with Gasteiger partial charge in [0.15, 0.2) is 0 Å². The number of anilines is 1. The predicted molar refractivity (Wildman–Crippen MR) is 107 cm³/mol. The van der Waals surface area contributed by atoms with Crippen molar-refractivity contribution in [2.75, 3.05) is 24.6 Å². The molecular weight excluding hydrogens is 340 g/mol. The van der Waals surface area contributed by atoms with E-state index in [0.717, 1.165) is 30.9 Å². The maximum atomic E-state index is 11.3. The fraction of sp³-hybridized carbons (Fsp3) is 0.455. The summed E-state index contributed by atoms with van der Waals surface area (Å²) in [4.78, 5) is 17.8. The van der Waals surface area contributed by atoms with Crippen molar-refractivity contribution < 1.29 is 14.3 Å². The van der Waals surface area contributed by atoms with E-state index in [0.29, 0.717) is 18.9 Å². The molecule has 144 valence electrons. The third-order valence-electron chi connectivity index (χ3n) is 4.73. The van der Waals surface area contributed by atoms with Crippen LogP contribution in [-0.4, -0.2) is 36.6 Å². The Labute approximate surface area is 161 Å². The number of benzene rings is 1. The number of rotatable bonds is 9. The minimum Gasteiger partial charge on any atom is -0.487 e. The fourth-order valence-electron chi connectivity index (χ4n) is 3.19. The van der Waals surface area contributed by atoms with E-state index in [-0.39, 0.29) is 17.8 Å². The van der Waals surface area contributed by atoms with Gasteiger partial charge in [-0.15, -0.1) is 0 Å². The first-order valence-corrected chi connectivity index (χ1v) is 9.65. The standard InChI is InChI=1S/C22H28N2O3/c1-4-11-26-22-10-7-19(13-23-22)24-14-21(15-24)27-20-8-5-18(6-9-20)16(2)12-17(3)25/h5-10,13,16,21H,4,11-12,14-15H2,1-3H3. The first-order chi connectivity index (χ1) is 13.0. The van der Waals surface area contributed by atoms with Crippen LogP contribution in [0, 0.1) is 0 Å². The zero-order valence-electron chi connectivity index (χ0n) is 16.4. The Hall–Kier alpha value is -2.56. The van der Waals surface area contributed by atoms with Gasteiger partial charge in [0.25, 0.3) is 0 Å². The van der Waals surface area contributed by atoms with Gasteiger partial charge in [-0.3, -0.25) is 0 Å². The molecule has 0 bridgehead atoms. The van der Waals surface area contributed by atoms with Crippen molar-refractivity contribution in [1.29, 1.82) is 0 Å². The Morgan fingerprint density at radius 2 is 1.96 bits per heavy atom. The highest BCUT2D eigenvalue weighted by molar-refractivity contribution is 5.76. The van der Waals surface area contributed by atoms with Gasteiger partial charge in [-0.05, 0) is 43.0 Å². The molecule has 1 unspecified atom stereocenters. The van der Waals surface area contributed by atoms with E-state index in [4.69, 9.17) is 9.47 Å². The van der Waals surface area contributed by atoms with E-state index >= 15 is 0 Å². The van der Waals surface area contributed by atoms with Gasteiger partial charge < -0.3 is 19.2 Å². The van der Waals surface area contributed by atoms with E-state index in [1.165, 1.54) is 5.56 Å². The fourth-order valence-corrected chi connectivity index (χ4v) is 3.19. The summed E-state index contributed by atoms with van der Waals surface area (Å²) in [6.45, 7) is 8.18. The number of hydrogen-bond acceptors (Lipinski definition) is 5. The van der Waals surface area contributed by atoms with Crippen molar-refractivity contribution in [2.24, 2.45) is 0 Å². The highest BCUT2D eigenvalue weighted by Gasteiger charge is 2.29. The third-order valence-corrected chi connectivity index (χ3v) is 4.73. The maximum Gasteiger partial charge on any atom is 0.213 e. The molecule has 2 aromatic rings. The molecule has 0 saturated carbocycles. The van der Waals surface area contributed by atoms with Gasteiger partial charge in [-0.25, -0.2) is 4.98 Å². The maximum absolute atomic E-state index is 11.3. The number of ketones is 1. The number of carbonyl (C=O) groups excluding carboxylic acids is 1. The van der Waals surface area contributed by atoms with E-state index in [1.807, 2.05) is 30.5 Å². The van der Waals surface area contributed by atoms with E-state index in [2.05, 4.69) is 35.9 Å². The topological polar surface area (TPSA) is 51.7 Å². The van der Waals surface area contributed by atoms with E-state index in [1.54, 1.807) is 6.92 Å². The van der Waals surface area contributed by atoms with Crippen LogP contribution >= 0.6 is 0 Å². The number of hydrogen-bond donors (Lipinski definition) is 0. The van der Waals surface area contributed by atoms with Crippen molar-refractivity contribution >= 4 is 11.5 Å². The molecule has 1 aliphatic heterocycles.